The molecule has 0 radical (unpaired) electrons. The molecule has 0 saturated carbocycles. The molecule has 2 aromatic rings. The molecule has 1 fully saturated rings. The maximum atomic E-state index is 12.1. The quantitative estimate of drug-likeness (QED) is 0.882. The Hall–Kier alpha value is -1.69. The molecule has 0 atom stereocenters. The highest BCUT2D eigenvalue weighted by atomic mass is 32.1. The summed E-state index contributed by atoms with van der Waals surface area (Å²) in [6.07, 6.45) is 0. The number of amides is 1. The Morgan fingerprint density at radius 3 is 2.43 bits per heavy atom. The zero-order valence-electron chi connectivity index (χ0n) is 13.3. The van der Waals surface area contributed by atoms with E-state index in [4.69, 9.17) is 0 Å². The van der Waals surface area contributed by atoms with Crippen molar-refractivity contribution in [3.8, 4) is 0 Å². The van der Waals surface area contributed by atoms with Gasteiger partial charge in [-0.05, 0) is 17.0 Å². The fourth-order valence-electron chi connectivity index (χ4n) is 2.78. The van der Waals surface area contributed by atoms with E-state index in [0.717, 1.165) is 38.3 Å². The van der Waals surface area contributed by atoms with Gasteiger partial charge in [-0.15, -0.1) is 11.3 Å². The van der Waals surface area contributed by atoms with Crippen LogP contribution >= 0.6 is 11.3 Å². The van der Waals surface area contributed by atoms with Gasteiger partial charge in [0.05, 0.1) is 6.54 Å². The largest absolute Gasteiger partial charge is 0.351 e. The Morgan fingerprint density at radius 1 is 1.00 bits per heavy atom. The third-order valence-corrected chi connectivity index (χ3v) is 4.99. The Balaban J connectivity index is 1.36. The van der Waals surface area contributed by atoms with E-state index in [1.54, 1.807) is 0 Å². The molecule has 1 aromatic carbocycles. The number of nitrogens with zero attached hydrogens (tertiary/aromatic N) is 2. The number of hydrogen-bond acceptors (Lipinski definition) is 4. The Kier molecular flexibility index (Phi) is 5.80. The van der Waals surface area contributed by atoms with Crippen molar-refractivity contribution < 1.29 is 4.79 Å². The molecular weight excluding hydrogens is 306 g/mol. The lowest BCUT2D eigenvalue weighted by atomic mass is 10.2. The minimum absolute atomic E-state index is 0.112. The average molecular weight is 329 g/mol. The second-order valence-electron chi connectivity index (χ2n) is 5.89. The van der Waals surface area contributed by atoms with Crippen molar-refractivity contribution in [2.24, 2.45) is 0 Å². The van der Waals surface area contributed by atoms with Gasteiger partial charge in [-0.1, -0.05) is 36.4 Å². The summed E-state index contributed by atoms with van der Waals surface area (Å²) in [5.74, 6) is 0.112. The molecule has 1 aromatic heterocycles. The van der Waals surface area contributed by atoms with Crippen LogP contribution in [-0.2, 0) is 17.9 Å². The van der Waals surface area contributed by atoms with Gasteiger partial charge in [0.15, 0.2) is 0 Å². The predicted molar refractivity (Wildman–Crippen MR) is 94.3 cm³/mol. The van der Waals surface area contributed by atoms with E-state index >= 15 is 0 Å². The molecule has 1 aliphatic rings. The van der Waals surface area contributed by atoms with Crippen LogP contribution in [-0.4, -0.2) is 48.4 Å². The number of nitrogens with one attached hydrogen (secondary N) is 1. The first kappa shape index (κ1) is 16.2. The summed E-state index contributed by atoms with van der Waals surface area (Å²) in [6, 6.07) is 14.3. The van der Waals surface area contributed by atoms with E-state index in [9.17, 15) is 4.79 Å². The number of thiophene rings is 1. The van der Waals surface area contributed by atoms with Gasteiger partial charge in [0.25, 0.3) is 0 Å². The van der Waals surface area contributed by atoms with E-state index in [-0.39, 0.29) is 5.91 Å². The van der Waals surface area contributed by atoms with E-state index < -0.39 is 0 Å². The van der Waals surface area contributed by atoms with Crippen molar-refractivity contribution in [2.75, 3.05) is 32.7 Å². The van der Waals surface area contributed by atoms with E-state index in [1.165, 1.54) is 4.88 Å². The van der Waals surface area contributed by atoms with Crippen LogP contribution in [0.4, 0.5) is 0 Å². The molecule has 122 valence electrons. The van der Waals surface area contributed by atoms with Gasteiger partial charge >= 0.3 is 0 Å². The second-order valence-corrected chi connectivity index (χ2v) is 6.93. The molecule has 1 saturated heterocycles. The smallest absolute Gasteiger partial charge is 0.234 e. The molecular formula is C18H23N3OS. The summed E-state index contributed by atoms with van der Waals surface area (Å²) in [4.78, 5) is 18.2. The minimum atomic E-state index is 0.112. The summed E-state index contributed by atoms with van der Waals surface area (Å²) in [5, 5.41) is 5.13. The van der Waals surface area contributed by atoms with Crippen LogP contribution in [0, 0.1) is 0 Å². The maximum Gasteiger partial charge on any atom is 0.234 e. The summed E-state index contributed by atoms with van der Waals surface area (Å²) < 4.78 is 0. The number of rotatable bonds is 6. The summed E-state index contributed by atoms with van der Waals surface area (Å²) in [5.41, 5.74) is 1.14. The zero-order chi connectivity index (χ0) is 15.9. The second kappa shape index (κ2) is 8.24. The molecule has 0 aliphatic carbocycles. The van der Waals surface area contributed by atoms with E-state index in [2.05, 4.69) is 32.6 Å². The van der Waals surface area contributed by atoms with Gasteiger partial charge in [0.1, 0.15) is 0 Å². The van der Waals surface area contributed by atoms with Crippen molar-refractivity contribution in [1.29, 1.82) is 0 Å². The van der Waals surface area contributed by atoms with E-state index in [0.29, 0.717) is 13.1 Å². The molecule has 5 heteroatoms. The molecule has 0 bridgehead atoms. The molecule has 0 spiro atoms. The van der Waals surface area contributed by atoms with Gasteiger partial charge < -0.3 is 5.32 Å². The standard InChI is InChI=1S/C18H23N3OS/c22-18(19-13-16-5-2-1-3-6-16)15-21-10-8-20(9-11-21)14-17-7-4-12-23-17/h1-7,12H,8-11,13-15H2,(H,19,22). The van der Waals surface area contributed by atoms with Crippen molar-refractivity contribution in [3.05, 3.63) is 58.3 Å². The molecule has 23 heavy (non-hydrogen) atoms. The third-order valence-electron chi connectivity index (χ3n) is 4.12. The Morgan fingerprint density at radius 2 is 1.74 bits per heavy atom. The highest BCUT2D eigenvalue weighted by Crippen LogP contribution is 2.13. The highest BCUT2D eigenvalue weighted by Gasteiger charge is 2.19. The van der Waals surface area contributed by atoms with Crippen molar-refractivity contribution in [1.82, 2.24) is 15.1 Å². The maximum absolute atomic E-state index is 12.1. The lowest BCUT2D eigenvalue weighted by Crippen LogP contribution is -2.48. The van der Waals surface area contributed by atoms with Crippen LogP contribution in [0.2, 0.25) is 0 Å². The number of carbonyl (C=O) groups excluding carboxylic acids is 1. The lowest BCUT2D eigenvalue weighted by molar-refractivity contribution is -0.122. The predicted octanol–water partition coefficient (Wildman–Crippen LogP) is 2.18. The zero-order valence-corrected chi connectivity index (χ0v) is 14.1. The van der Waals surface area contributed by atoms with Crippen molar-refractivity contribution >= 4 is 17.2 Å². The van der Waals surface area contributed by atoms with Crippen LogP contribution in [0.3, 0.4) is 0 Å². The minimum Gasteiger partial charge on any atom is -0.351 e. The molecule has 1 N–H and O–H groups in total. The van der Waals surface area contributed by atoms with Crippen LogP contribution < -0.4 is 5.32 Å². The third kappa shape index (κ3) is 5.16. The first-order valence-corrected chi connectivity index (χ1v) is 8.95. The Labute approximate surface area is 141 Å². The highest BCUT2D eigenvalue weighted by molar-refractivity contribution is 7.09. The summed E-state index contributed by atoms with van der Waals surface area (Å²) >= 11 is 1.81. The average Bonchev–Trinajstić information content (AvgIpc) is 3.09. The number of hydrogen-bond donors (Lipinski definition) is 1. The van der Waals surface area contributed by atoms with Crippen LogP contribution in [0.15, 0.2) is 47.8 Å². The van der Waals surface area contributed by atoms with Crippen LogP contribution in [0.1, 0.15) is 10.4 Å². The number of benzene rings is 1. The van der Waals surface area contributed by atoms with Gasteiger partial charge in [-0.3, -0.25) is 14.6 Å². The van der Waals surface area contributed by atoms with Gasteiger partial charge in [-0.2, -0.15) is 0 Å². The van der Waals surface area contributed by atoms with Gasteiger partial charge in [0, 0.05) is 44.1 Å². The van der Waals surface area contributed by atoms with Crippen molar-refractivity contribution in [2.45, 2.75) is 13.1 Å². The molecule has 3 rings (SSSR count). The fourth-order valence-corrected chi connectivity index (χ4v) is 3.53. The first-order chi connectivity index (χ1) is 11.3. The molecule has 1 amide bonds. The fraction of sp³-hybridized carbons (Fsp3) is 0.389. The molecule has 2 heterocycles. The SMILES string of the molecule is O=C(CN1CCN(Cc2cccs2)CC1)NCc1ccccc1. The monoisotopic (exact) mass is 329 g/mol. The molecule has 1 aliphatic heterocycles. The van der Waals surface area contributed by atoms with Crippen LogP contribution in [0.5, 0.6) is 0 Å². The normalized spacial score (nSPS) is 16.3. The van der Waals surface area contributed by atoms with E-state index in [1.807, 2.05) is 41.7 Å². The number of piperazine rings is 1. The lowest BCUT2D eigenvalue weighted by Gasteiger charge is -2.34. The molecule has 4 nitrogen and oxygen atoms in total. The van der Waals surface area contributed by atoms with Crippen molar-refractivity contribution in [3.63, 3.8) is 0 Å². The first-order valence-electron chi connectivity index (χ1n) is 8.07. The summed E-state index contributed by atoms with van der Waals surface area (Å²) in [7, 11) is 0. The topological polar surface area (TPSA) is 35.6 Å². The number of carbonyl (C=O) groups is 1. The Bertz CT molecular complexity index is 592. The van der Waals surface area contributed by atoms with Crippen LogP contribution in [0.25, 0.3) is 0 Å². The molecule has 0 unspecified atom stereocenters. The van der Waals surface area contributed by atoms with Gasteiger partial charge in [0.2, 0.25) is 5.91 Å². The summed E-state index contributed by atoms with van der Waals surface area (Å²) in [6.45, 7) is 6.13. The van der Waals surface area contributed by atoms with Gasteiger partial charge in [-0.25, -0.2) is 0 Å².